The Morgan fingerprint density at radius 2 is 0.549 bits per heavy atom. The Labute approximate surface area is 579 Å². The van der Waals surface area contributed by atoms with Gasteiger partial charge in [-0.15, -0.1) is 0 Å². The third kappa shape index (κ3) is 10.4. The summed E-state index contributed by atoms with van der Waals surface area (Å²) in [7, 11) is 0. The normalized spacial score (nSPS) is 12.1. The molecule has 0 saturated heterocycles. The van der Waals surface area contributed by atoms with Crippen LogP contribution in [0.3, 0.4) is 0 Å². The fourth-order valence-corrected chi connectivity index (χ4v) is 15.5. The number of hydrogen-bond acceptors (Lipinski definition) is 1. The predicted octanol–water partition coefficient (Wildman–Crippen LogP) is 25.6. The molecule has 0 radical (unpaired) electrons. The Morgan fingerprint density at radius 3 is 0.794 bits per heavy atom. The van der Waals surface area contributed by atoms with Crippen molar-refractivity contribution >= 4 is 98.6 Å². The summed E-state index contributed by atoms with van der Waals surface area (Å²) < 4.78 is 140. The molecular weight excluding hydrogens is 1300 g/mol. The number of rotatable bonds is 6. The second kappa shape index (κ2) is 24.0. The molecular formula is C86H58F9N7. The zero-order valence-electron chi connectivity index (χ0n) is 56.2. The van der Waals surface area contributed by atoms with Crippen molar-refractivity contribution in [2.75, 3.05) is 0 Å². The second-order valence-electron chi connectivity index (χ2n) is 26.2. The standard InChI is InChI=1S/C43H29F6N3.C43H29F3N4/c1-23-10-6-14-30-31-15-7-11-24(2)39(31)51(38(23)30)36-21-34(27-18-28(42(44,45)46)20-29(19-27)50-5)35(43(47,48)49)22-37(36)52-40-25(3)12-8-16-32(40)33-17-9-13-26(4)41(33)52;1-24-10-6-14-32-33-15-7-11-25(2)40(33)49(39(24)32)37-20-29(23-47)36(28-18-30(43(44,45)46)21-31(19-28)48-5)22-38(37)50-41-26(3)12-8-16-34(41)35-17-9-13-27(4)42(35)50/h6-22H,1-4H3;6-22H,1-4H3. The molecule has 4 aromatic heterocycles. The zero-order chi connectivity index (χ0) is 71.9. The average Bonchev–Trinajstić information content (AvgIpc) is 1.53. The van der Waals surface area contributed by atoms with E-state index in [1.165, 1.54) is 12.1 Å². The molecule has 0 saturated carbocycles. The Bertz CT molecular complexity index is 6180. The smallest absolute Gasteiger partial charge is 0.307 e. The van der Waals surface area contributed by atoms with Gasteiger partial charge in [-0.25, -0.2) is 9.69 Å². The summed E-state index contributed by atoms with van der Waals surface area (Å²) >= 11 is 0. The summed E-state index contributed by atoms with van der Waals surface area (Å²) in [6.45, 7) is 31.0. The molecule has 0 aliphatic carbocycles. The van der Waals surface area contributed by atoms with E-state index >= 15 is 13.2 Å². The van der Waals surface area contributed by atoms with Crippen LogP contribution in [0.5, 0.6) is 0 Å². The van der Waals surface area contributed by atoms with Gasteiger partial charge in [0.2, 0.25) is 0 Å². The van der Waals surface area contributed by atoms with Gasteiger partial charge in [0.1, 0.15) is 0 Å². The Kier molecular flexibility index (Phi) is 15.4. The van der Waals surface area contributed by atoms with Crippen LogP contribution in [-0.2, 0) is 18.5 Å². The lowest BCUT2D eigenvalue weighted by Crippen LogP contribution is -2.13. The van der Waals surface area contributed by atoms with Crippen molar-refractivity contribution in [2.45, 2.75) is 73.9 Å². The van der Waals surface area contributed by atoms with Crippen LogP contribution in [0, 0.1) is 79.9 Å². The van der Waals surface area contributed by atoms with Crippen molar-refractivity contribution in [1.82, 2.24) is 18.3 Å². The second-order valence-corrected chi connectivity index (χ2v) is 26.2. The first-order valence-corrected chi connectivity index (χ1v) is 32.7. The Hall–Kier alpha value is -12.3. The quantitative estimate of drug-likeness (QED) is 0.121. The SMILES string of the molecule is [C-]#[N+]c1cc(-c2cc(-n3c4c(C)cccc4c4cccc(C)c43)c(-n3c4c(C)cccc4c4cccc(C)c43)cc2C#N)cc(C(F)(F)F)c1.[C-]#[N+]c1cc(-c2cc(-n3c4c(C)cccc4c4cccc(C)c43)c(-n3c4c(C)cccc4c4cccc(C)c43)cc2C(F)(F)F)cc(C(F)(F)F)c1. The van der Waals surface area contributed by atoms with Crippen LogP contribution in [0.4, 0.5) is 50.9 Å². The van der Waals surface area contributed by atoms with Gasteiger partial charge in [0.05, 0.1) is 97.2 Å². The van der Waals surface area contributed by atoms with Crippen LogP contribution in [-0.4, -0.2) is 18.3 Å². The van der Waals surface area contributed by atoms with E-state index in [0.29, 0.717) is 29.1 Å². The number of fused-ring (bicyclic) bond motifs is 12. The van der Waals surface area contributed by atoms with E-state index in [4.69, 9.17) is 13.1 Å². The first-order chi connectivity index (χ1) is 48.7. The number of nitriles is 1. The number of para-hydroxylation sites is 8. The summed E-state index contributed by atoms with van der Waals surface area (Å²) in [4.78, 5) is 6.57. The van der Waals surface area contributed by atoms with Crippen LogP contribution in [0.15, 0.2) is 206 Å². The molecule has 0 aliphatic rings. The maximum Gasteiger partial charge on any atom is 0.417 e. The molecule has 0 aliphatic heterocycles. The molecule has 7 nitrogen and oxygen atoms in total. The lowest BCUT2D eigenvalue weighted by atomic mass is 9.94. The Morgan fingerprint density at radius 1 is 0.304 bits per heavy atom. The van der Waals surface area contributed by atoms with Crippen molar-refractivity contribution in [3.05, 3.63) is 296 Å². The van der Waals surface area contributed by atoms with E-state index < -0.39 is 46.5 Å². The largest absolute Gasteiger partial charge is 0.417 e. The number of nitrogens with zero attached hydrogens (tertiary/aromatic N) is 7. The lowest BCUT2D eigenvalue weighted by Gasteiger charge is -2.23. The maximum atomic E-state index is 15.5. The fraction of sp³-hybridized carbons (Fsp3) is 0.128. The van der Waals surface area contributed by atoms with Gasteiger partial charge in [0.15, 0.2) is 11.4 Å². The van der Waals surface area contributed by atoms with Crippen molar-refractivity contribution in [1.29, 1.82) is 5.26 Å². The third-order valence-corrected chi connectivity index (χ3v) is 19.8. The zero-order valence-corrected chi connectivity index (χ0v) is 56.2. The van der Waals surface area contributed by atoms with Crippen LogP contribution in [0.1, 0.15) is 66.8 Å². The number of aryl methyl sites for hydroxylation is 8. The molecule has 0 N–H and O–H groups in total. The van der Waals surface area contributed by atoms with Gasteiger partial charge >= 0.3 is 18.5 Å². The highest BCUT2D eigenvalue weighted by atomic mass is 19.4. The van der Waals surface area contributed by atoms with Crippen molar-refractivity contribution in [3.8, 4) is 51.1 Å². The lowest BCUT2D eigenvalue weighted by molar-refractivity contribution is -0.138. The molecule has 4 heterocycles. The molecule has 16 rings (SSSR count). The van der Waals surface area contributed by atoms with E-state index in [1.54, 1.807) is 6.07 Å². The third-order valence-electron chi connectivity index (χ3n) is 19.8. The van der Waals surface area contributed by atoms with Crippen molar-refractivity contribution in [2.24, 2.45) is 0 Å². The predicted molar refractivity (Wildman–Crippen MR) is 391 cm³/mol. The number of alkyl halides is 9. The fourth-order valence-electron chi connectivity index (χ4n) is 15.5. The van der Waals surface area contributed by atoms with Gasteiger partial charge in [0, 0.05) is 59.8 Å². The minimum absolute atomic E-state index is 0.151. The van der Waals surface area contributed by atoms with Crippen molar-refractivity contribution in [3.63, 3.8) is 0 Å². The molecule has 0 fully saturated rings. The summed E-state index contributed by atoms with van der Waals surface area (Å²) in [5.74, 6) is 0. The van der Waals surface area contributed by atoms with E-state index in [2.05, 4.69) is 101 Å². The molecule has 0 amide bonds. The van der Waals surface area contributed by atoms with Gasteiger partial charge in [-0.05, 0) is 177 Å². The average molecular weight is 1360 g/mol. The van der Waals surface area contributed by atoms with E-state index in [-0.39, 0.29) is 28.1 Å². The van der Waals surface area contributed by atoms with Gasteiger partial charge in [0.25, 0.3) is 0 Å². The highest BCUT2D eigenvalue weighted by Gasteiger charge is 2.39. The highest BCUT2D eigenvalue weighted by molar-refractivity contribution is 6.16. The molecule has 0 spiro atoms. The van der Waals surface area contributed by atoms with Crippen molar-refractivity contribution < 1.29 is 39.5 Å². The molecule has 16 heteroatoms. The molecule has 0 unspecified atom stereocenters. The van der Waals surface area contributed by atoms with Gasteiger partial charge in [-0.1, -0.05) is 146 Å². The summed E-state index contributed by atoms with van der Waals surface area (Å²) in [6, 6.07) is 62.1. The summed E-state index contributed by atoms with van der Waals surface area (Å²) in [5, 5.41) is 18.4. The van der Waals surface area contributed by atoms with Gasteiger partial charge in [-0.3, -0.25) is 0 Å². The van der Waals surface area contributed by atoms with Crippen LogP contribution >= 0.6 is 0 Å². The minimum atomic E-state index is -4.98. The first-order valence-electron chi connectivity index (χ1n) is 32.7. The molecule has 102 heavy (non-hydrogen) atoms. The number of hydrogen-bond donors (Lipinski definition) is 0. The highest BCUT2D eigenvalue weighted by Crippen LogP contribution is 2.50. The summed E-state index contributed by atoms with van der Waals surface area (Å²) in [5.41, 5.74) is 12.4. The van der Waals surface area contributed by atoms with E-state index in [0.717, 1.165) is 162 Å². The van der Waals surface area contributed by atoms with Crippen LogP contribution < -0.4 is 0 Å². The number of aromatic nitrogens is 4. The van der Waals surface area contributed by atoms with Crippen LogP contribution in [0.25, 0.3) is 142 Å². The minimum Gasteiger partial charge on any atom is -0.307 e. The van der Waals surface area contributed by atoms with Gasteiger partial charge in [-0.2, -0.15) is 44.8 Å². The van der Waals surface area contributed by atoms with E-state index in [1.807, 2.05) is 140 Å². The first kappa shape index (κ1) is 65.6. The molecule has 0 atom stereocenters. The molecule has 0 bridgehead atoms. The topological polar surface area (TPSA) is 52.2 Å². The molecule has 16 aromatic rings. The molecule has 500 valence electrons. The summed E-state index contributed by atoms with van der Waals surface area (Å²) in [6.07, 6.45) is -14.6. The van der Waals surface area contributed by atoms with E-state index in [9.17, 15) is 31.6 Å². The molecule has 12 aromatic carbocycles. The van der Waals surface area contributed by atoms with Gasteiger partial charge < -0.3 is 18.3 Å². The Balaban J connectivity index is 0.000000165. The number of benzene rings is 12. The number of halogens is 9. The van der Waals surface area contributed by atoms with Crippen LogP contribution in [0.2, 0.25) is 0 Å². The maximum absolute atomic E-state index is 15.5. The monoisotopic (exact) mass is 1360 g/mol.